The molecule has 0 unspecified atom stereocenters. The van der Waals surface area contributed by atoms with Gasteiger partial charge in [-0.25, -0.2) is 0 Å². The molecule has 0 N–H and O–H groups in total. The summed E-state index contributed by atoms with van der Waals surface area (Å²) in [5, 5.41) is 0. The standard InChI is InChI=1S/2C2H2ClF3/c2*3-1-2(4,5)6/h2*1H2. The lowest BCUT2D eigenvalue weighted by Gasteiger charge is -1.95. The van der Waals surface area contributed by atoms with Gasteiger partial charge >= 0.3 is 12.4 Å². The number of rotatable bonds is 0. The molecule has 12 heavy (non-hydrogen) atoms. The second kappa shape index (κ2) is 5.75. The summed E-state index contributed by atoms with van der Waals surface area (Å²) in [6.07, 6.45) is -8.39. The molecule has 0 atom stereocenters. The van der Waals surface area contributed by atoms with E-state index in [1.54, 1.807) is 0 Å². The molecule has 0 aliphatic rings. The highest BCUT2D eigenvalue weighted by Crippen LogP contribution is 2.15. The second-order valence-electron chi connectivity index (χ2n) is 1.50. The van der Waals surface area contributed by atoms with Crippen molar-refractivity contribution in [3.05, 3.63) is 0 Å². The second-order valence-corrected chi connectivity index (χ2v) is 2.03. The maximum absolute atomic E-state index is 10.7. The first-order valence-electron chi connectivity index (χ1n) is 2.38. The van der Waals surface area contributed by atoms with E-state index in [1.165, 1.54) is 0 Å². The molecular formula is C4H4Cl2F6. The van der Waals surface area contributed by atoms with Crippen LogP contribution in [0.3, 0.4) is 0 Å². The highest BCUT2D eigenvalue weighted by molar-refractivity contribution is 6.18. The number of hydrogen-bond acceptors (Lipinski definition) is 0. The molecule has 0 rings (SSSR count). The van der Waals surface area contributed by atoms with E-state index in [1.807, 2.05) is 0 Å². The zero-order valence-corrected chi connectivity index (χ0v) is 6.95. The average molecular weight is 237 g/mol. The smallest absolute Gasteiger partial charge is 0.170 e. The summed E-state index contributed by atoms with van der Waals surface area (Å²) in [5.41, 5.74) is 0. The third-order valence-electron chi connectivity index (χ3n) is 0.303. The molecule has 0 spiro atoms. The van der Waals surface area contributed by atoms with Crippen LogP contribution in [0.15, 0.2) is 0 Å². The first-order chi connectivity index (χ1) is 5.12. The van der Waals surface area contributed by atoms with Crippen molar-refractivity contribution >= 4 is 23.2 Å². The molecule has 0 aromatic rings. The highest BCUT2D eigenvalue weighted by Gasteiger charge is 2.24. The SMILES string of the molecule is FC(F)(F)CCl.FC(F)(F)CCl. The van der Waals surface area contributed by atoms with Gasteiger partial charge in [-0.05, 0) is 0 Å². The molecule has 0 amide bonds. The predicted molar refractivity (Wildman–Crippen MR) is 33.6 cm³/mol. The van der Waals surface area contributed by atoms with Gasteiger partial charge in [-0.3, -0.25) is 0 Å². The molecule has 0 radical (unpaired) electrons. The molecular weight excluding hydrogens is 233 g/mol. The van der Waals surface area contributed by atoms with Crippen LogP contribution in [0.25, 0.3) is 0 Å². The van der Waals surface area contributed by atoms with Gasteiger partial charge in [0.15, 0.2) is 0 Å². The van der Waals surface area contributed by atoms with Gasteiger partial charge in [0.25, 0.3) is 0 Å². The van der Waals surface area contributed by atoms with Crippen LogP contribution in [0.2, 0.25) is 0 Å². The number of hydrogen-bond donors (Lipinski definition) is 0. The minimum Gasteiger partial charge on any atom is -0.170 e. The predicted octanol–water partition coefficient (Wildman–Crippen LogP) is 3.58. The van der Waals surface area contributed by atoms with Gasteiger partial charge < -0.3 is 0 Å². The van der Waals surface area contributed by atoms with Crippen LogP contribution >= 0.6 is 23.2 Å². The van der Waals surface area contributed by atoms with Crippen LogP contribution in [-0.4, -0.2) is 24.1 Å². The summed E-state index contributed by atoms with van der Waals surface area (Å²) >= 11 is 8.71. The van der Waals surface area contributed by atoms with Gasteiger partial charge in [0, 0.05) is 0 Å². The molecule has 0 saturated heterocycles. The topological polar surface area (TPSA) is 0 Å². The van der Waals surface area contributed by atoms with Gasteiger partial charge in [-0.1, -0.05) is 0 Å². The van der Waals surface area contributed by atoms with Crippen LogP contribution in [0, 0.1) is 0 Å². The summed E-state index contributed by atoms with van der Waals surface area (Å²) in [4.78, 5) is 0. The van der Waals surface area contributed by atoms with Crippen LogP contribution in [-0.2, 0) is 0 Å². The Morgan fingerprint density at radius 2 is 0.750 bits per heavy atom. The Labute approximate surface area is 74.4 Å². The van der Waals surface area contributed by atoms with Crippen molar-refractivity contribution in [2.75, 3.05) is 11.8 Å². The van der Waals surface area contributed by atoms with Crippen molar-refractivity contribution in [1.29, 1.82) is 0 Å². The highest BCUT2D eigenvalue weighted by atomic mass is 35.5. The lowest BCUT2D eigenvalue weighted by molar-refractivity contribution is -0.107. The van der Waals surface area contributed by atoms with E-state index < -0.39 is 24.1 Å². The first-order valence-corrected chi connectivity index (χ1v) is 3.44. The van der Waals surface area contributed by atoms with Crippen molar-refractivity contribution in [3.8, 4) is 0 Å². The monoisotopic (exact) mass is 236 g/mol. The van der Waals surface area contributed by atoms with Gasteiger partial charge in [0.2, 0.25) is 0 Å². The first kappa shape index (κ1) is 14.7. The van der Waals surface area contributed by atoms with Crippen molar-refractivity contribution in [2.45, 2.75) is 12.4 Å². The van der Waals surface area contributed by atoms with E-state index in [0.717, 1.165) is 0 Å². The fraction of sp³-hybridized carbons (Fsp3) is 1.00. The molecule has 0 saturated carbocycles. The van der Waals surface area contributed by atoms with E-state index >= 15 is 0 Å². The maximum Gasteiger partial charge on any atom is 0.402 e. The van der Waals surface area contributed by atoms with Crippen molar-refractivity contribution < 1.29 is 26.3 Å². The van der Waals surface area contributed by atoms with Crippen LogP contribution in [0.4, 0.5) is 26.3 Å². The summed E-state index contributed by atoms with van der Waals surface area (Å²) in [6.45, 7) is 0. The molecule has 0 aliphatic heterocycles. The Morgan fingerprint density at radius 3 is 0.750 bits per heavy atom. The van der Waals surface area contributed by atoms with E-state index in [-0.39, 0.29) is 0 Å². The van der Waals surface area contributed by atoms with Gasteiger partial charge in [-0.2, -0.15) is 26.3 Å². The summed E-state index contributed by atoms with van der Waals surface area (Å²) in [5.74, 6) is -2.51. The Morgan fingerprint density at radius 1 is 0.667 bits per heavy atom. The van der Waals surface area contributed by atoms with Crippen LogP contribution in [0.1, 0.15) is 0 Å². The van der Waals surface area contributed by atoms with Crippen molar-refractivity contribution in [2.24, 2.45) is 0 Å². The fourth-order valence-electron chi connectivity index (χ4n) is 0. The summed E-state index contributed by atoms with van der Waals surface area (Å²) < 4.78 is 63.9. The summed E-state index contributed by atoms with van der Waals surface area (Å²) in [7, 11) is 0. The Hall–Kier alpha value is 0.160. The maximum atomic E-state index is 10.7. The zero-order chi connectivity index (χ0) is 10.4. The average Bonchev–Trinajstić information content (AvgIpc) is 1.86. The normalized spacial score (nSPS) is 12.0. The Balaban J connectivity index is 0. The molecule has 0 aromatic carbocycles. The molecule has 0 nitrogen and oxygen atoms in total. The molecule has 0 aromatic heterocycles. The van der Waals surface area contributed by atoms with Crippen molar-refractivity contribution in [1.82, 2.24) is 0 Å². The van der Waals surface area contributed by atoms with Gasteiger partial charge in [0.1, 0.15) is 11.8 Å². The van der Waals surface area contributed by atoms with Gasteiger partial charge in [-0.15, -0.1) is 23.2 Å². The van der Waals surface area contributed by atoms with E-state index in [9.17, 15) is 26.3 Å². The van der Waals surface area contributed by atoms with Gasteiger partial charge in [0.05, 0.1) is 0 Å². The van der Waals surface area contributed by atoms with Crippen molar-refractivity contribution in [3.63, 3.8) is 0 Å². The minimum absolute atomic E-state index is 1.26. The van der Waals surface area contributed by atoms with Crippen LogP contribution in [0.5, 0.6) is 0 Å². The Kier molecular flexibility index (Phi) is 7.02. The third-order valence-corrected chi connectivity index (χ3v) is 0.909. The summed E-state index contributed by atoms with van der Waals surface area (Å²) in [6, 6.07) is 0. The number of alkyl halides is 8. The zero-order valence-electron chi connectivity index (χ0n) is 5.44. The number of halogens is 8. The lowest BCUT2D eigenvalue weighted by atomic mass is 10.8. The van der Waals surface area contributed by atoms with E-state index in [4.69, 9.17) is 0 Å². The third kappa shape index (κ3) is 22.5. The quantitative estimate of drug-likeness (QED) is 0.446. The minimum atomic E-state index is -4.19. The lowest BCUT2D eigenvalue weighted by Crippen LogP contribution is -2.07. The van der Waals surface area contributed by atoms with E-state index in [2.05, 4.69) is 23.2 Å². The van der Waals surface area contributed by atoms with E-state index in [0.29, 0.717) is 0 Å². The Bertz CT molecular complexity index is 91.1. The molecule has 0 bridgehead atoms. The molecule has 0 aliphatic carbocycles. The van der Waals surface area contributed by atoms with Crippen LogP contribution < -0.4 is 0 Å². The fourth-order valence-corrected chi connectivity index (χ4v) is 0. The molecule has 8 heteroatoms. The molecule has 76 valence electrons. The molecule has 0 fully saturated rings. The largest absolute Gasteiger partial charge is 0.402 e. The molecule has 0 heterocycles.